The highest BCUT2D eigenvalue weighted by Crippen LogP contribution is 2.31. The van der Waals surface area contributed by atoms with Gasteiger partial charge in [0.25, 0.3) is 0 Å². The van der Waals surface area contributed by atoms with Crippen molar-refractivity contribution in [3.8, 4) is 0 Å². The fourth-order valence-electron chi connectivity index (χ4n) is 4.72. The molecule has 3 unspecified atom stereocenters. The Bertz CT molecular complexity index is 589. The normalized spacial score (nSPS) is 29.4. The standard InChI is InChI=1S/C19H30N6O/c26-19(6-5-17-15-3-1-2-4-16(15)23-24-17)22-14-7-11-25(12-8-14)18-13-20-9-10-21-18/h9-10,13-17,23-24H,1-8,11-12H2,(H,22,26). The van der Waals surface area contributed by atoms with Crippen molar-refractivity contribution in [1.82, 2.24) is 26.1 Å². The van der Waals surface area contributed by atoms with Gasteiger partial charge in [-0.3, -0.25) is 20.6 Å². The van der Waals surface area contributed by atoms with Crippen LogP contribution in [0.5, 0.6) is 0 Å². The number of carbonyl (C=O) groups excluding carboxylic acids is 1. The van der Waals surface area contributed by atoms with Gasteiger partial charge in [-0.15, -0.1) is 0 Å². The largest absolute Gasteiger partial charge is 0.355 e. The number of piperidine rings is 1. The Kier molecular flexibility index (Phi) is 5.65. The first kappa shape index (κ1) is 17.7. The van der Waals surface area contributed by atoms with Crippen molar-refractivity contribution in [1.29, 1.82) is 0 Å². The number of nitrogens with zero attached hydrogens (tertiary/aromatic N) is 3. The predicted molar refractivity (Wildman–Crippen MR) is 100 cm³/mol. The first-order valence-corrected chi connectivity index (χ1v) is 10.1. The molecule has 0 aromatic carbocycles. The molecule has 1 aromatic heterocycles. The van der Waals surface area contributed by atoms with E-state index in [1.54, 1.807) is 18.6 Å². The Morgan fingerprint density at radius 1 is 1.15 bits per heavy atom. The molecule has 7 nitrogen and oxygen atoms in total. The number of hydrazine groups is 1. The quantitative estimate of drug-likeness (QED) is 0.738. The third kappa shape index (κ3) is 4.15. The summed E-state index contributed by atoms with van der Waals surface area (Å²) in [6.45, 7) is 1.84. The monoisotopic (exact) mass is 358 g/mol. The lowest BCUT2D eigenvalue weighted by atomic mass is 9.80. The highest BCUT2D eigenvalue weighted by Gasteiger charge is 2.37. The maximum Gasteiger partial charge on any atom is 0.220 e. The van der Waals surface area contributed by atoms with Crippen LogP contribution in [0.15, 0.2) is 18.6 Å². The average molecular weight is 358 g/mol. The van der Waals surface area contributed by atoms with Crippen molar-refractivity contribution in [3.63, 3.8) is 0 Å². The Morgan fingerprint density at radius 2 is 2.00 bits per heavy atom. The summed E-state index contributed by atoms with van der Waals surface area (Å²) in [6, 6.07) is 1.35. The number of nitrogens with one attached hydrogen (secondary N) is 3. The molecule has 4 rings (SSSR count). The second-order valence-corrected chi connectivity index (χ2v) is 7.88. The van der Waals surface area contributed by atoms with Gasteiger partial charge < -0.3 is 10.2 Å². The summed E-state index contributed by atoms with van der Waals surface area (Å²) in [4.78, 5) is 23.1. The molecule has 7 heteroatoms. The molecule has 2 aliphatic heterocycles. The van der Waals surface area contributed by atoms with Gasteiger partial charge >= 0.3 is 0 Å². The fraction of sp³-hybridized carbons (Fsp3) is 0.737. The molecule has 3 atom stereocenters. The maximum atomic E-state index is 12.4. The van der Waals surface area contributed by atoms with E-state index in [0.29, 0.717) is 24.4 Å². The molecule has 1 amide bonds. The lowest BCUT2D eigenvalue weighted by Gasteiger charge is -2.33. The van der Waals surface area contributed by atoms with Crippen LogP contribution in [0.1, 0.15) is 51.4 Å². The Balaban J connectivity index is 1.18. The molecule has 0 spiro atoms. The van der Waals surface area contributed by atoms with E-state index in [-0.39, 0.29) is 11.9 Å². The molecular weight excluding hydrogens is 328 g/mol. The van der Waals surface area contributed by atoms with Gasteiger partial charge in [0, 0.05) is 50.0 Å². The van der Waals surface area contributed by atoms with Gasteiger partial charge in [0.05, 0.1) is 6.20 Å². The lowest BCUT2D eigenvalue weighted by Crippen LogP contribution is -2.45. The van der Waals surface area contributed by atoms with Crippen molar-refractivity contribution in [2.24, 2.45) is 5.92 Å². The molecule has 26 heavy (non-hydrogen) atoms. The van der Waals surface area contributed by atoms with Gasteiger partial charge in [0.1, 0.15) is 5.82 Å². The van der Waals surface area contributed by atoms with Gasteiger partial charge in [-0.25, -0.2) is 4.98 Å². The third-order valence-corrected chi connectivity index (χ3v) is 6.21. The topological polar surface area (TPSA) is 82.2 Å². The Hall–Kier alpha value is -1.73. The molecule has 1 aliphatic carbocycles. The first-order valence-electron chi connectivity index (χ1n) is 10.1. The number of hydrogen-bond donors (Lipinski definition) is 3. The minimum Gasteiger partial charge on any atom is -0.355 e. The molecule has 3 N–H and O–H groups in total. The summed E-state index contributed by atoms with van der Waals surface area (Å²) < 4.78 is 0. The van der Waals surface area contributed by atoms with Gasteiger partial charge in [0.2, 0.25) is 5.91 Å². The van der Waals surface area contributed by atoms with E-state index in [2.05, 4.69) is 31.0 Å². The lowest BCUT2D eigenvalue weighted by molar-refractivity contribution is -0.122. The molecule has 3 aliphatic rings. The number of anilines is 1. The fourth-order valence-corrected chi connectivity index (χ4v) is 4.72. The van der Waals surface area contributed by atoms with Gasteiger partial charge in [-0.05, 0) is 38.0 Å². The Labute approximate surface area is 155 Å². The van der Waals surface area contributed by atoms with E-state index in [9.17, 15) is 4.79 Å². The number of fused-ring (bicyclic) bond motifs is 1. The van der Waals surface area contributed by atoms with Gasteiger partial charge in [0.15, 0.2) is 0 Å². The average Bonchev–Trinajstić information content (AvgIpc) is 3.11. The number of hydrogen-bond acceptors (Lipinski definition) is 6. The SMILES string of the molecule is O=C(CCC1NNC2CCCCC21)NC1CCN(c2cnccn2)CC1. The summed E-state index contributed by atoms with van der Waals surface area (Å²) in [6.07, 6.45) is 13.9. The first-order chi connectivity index (χ1) is 12.8. The van der Waals surface area contributed by atoms with Crippen LogP contribution >= 0.6 is 0 Å². The molecule has 1 saturated carbocycles. The van der Waals surface area contributed by atoms with E-state index in [4.69, 9.17) is 0 Å². The second-order valence-electron chi connectivity index (χ2n) is 7.88. The van der Waals surface area contributed by atoms with Gasteiger partial charge in [-0.1, -0.05) is 12.8 Å². The Morgan fingerprint density at radius 3 is 2.81 bits per heavy atom. The van der Waals surface area contributed by atoms with Crippen LogP contribution in [-0.2, 0) is 4.79 Å². The van der Waals surface area contributed by atoms with Crippen molar-refractivity contribution in [3.05, 3.63) is 18.6 Å². The minimum atomic E-state index is 0.198. The number of amides is 1. The van der Waals surface area contributed by atoms with E-state index in [1.807, 2.05) is 0 Å². The highest BCUT2D eigenvalue weighted by atomic mass is 16.1. The maximum absolute atomic E-state index is 12.4. The summed E-state index contributed by atoms with van der Waals surface area (Å²) in [7, 11) is 0. The van der Waals surface area contributed by atoms with Crippen LogP contribution in [0.3, 0.4) is 0 Å². The summed E-state index contributed by atoms with van der Waals surface area (Å²) in [5.74, 6) is 1.83. The number of rotatable bonds is 5. The third-order valence-electron chi connectivity index (χ3n) is 6.21. The van der Waals surface area contributed by atoms with Crippen LogP contribution in [0, 0.1) is 5.92 Å². The molecule has 3 fully saturated rings. The van der Waals surface area contributed by atoms with E-state index in [0.717, 1.165) is 38.2 Å². The molecule has 1 aromatic rings. The minimum absolute atomic E-state index is 0.198. The second kappa shape index (κ2) is 8.31. The highest BCUT2D eigenvalue weighted by molar-refractivity contribution is 5.76. The summed E-state index contributed by atoms with van der Waals surface area (Å²) in [5.41, 5.74) is 6.87. The van der Waals surface area contributed by atoms with Crippen LogP contribution in [0.2, 0.25) is 0 Å². The zero-order chi connectivity index (χ0) is 17.8. The van der Waals surface area contributed by atoms with Crippen molar-refractivity contribution in [2.45, 2.75) is 69.5 Å². The van der Waals surface area contributed by atoms with Crippen molar-refractivity contribution in [2.75, 3.05) is 18.0 Å². The molecule has 142 valence electrons. The number of carbonyl (C=O) groups is 1. The predicted octanol–water partition coefficient (Wildman–Crippen LogP) is 1.38. The zero-order valence-electron chi connectivity index (χ0n) is 15.4. The molecular formula is C19H30N6O. The zero-order valence-corrected chi connectivity index (χ0v) is 15.4. The summed E-state index contributed by atoms with van der Waals surface area (Å²) in [5, 5.41) is 3.24. The molecule has 3 heterocycles. The molecule has 0 radical (unpaired) electrons. The van der Waals surface area contributed by atoms with E-state index in [1.165, 1.54) is 25.7 Å². The van der Waals surface area contributed by atoms with Crippen LogP contribution < -0.4 is 21.1 Å². The van der Waals surface area contributed by atoms with Gasteiger partial charge in [-0.2, -0.15) is 0 Å². The molecule has 0 bridgehead atoms. The van der Waals surface area contributed by atoms with Crippen LogP contribution in [0.25, 0.3) is 0 Å². The van der Waals surface area contributed by atoms with Crippen molar-refractivity contribution < 1.29 is 4.79 Å². The van der Waals surface area contributed by atoms with E-state index < -0.39 is 0 Å². The van der Waals surface area contributed by atoms with E-state index >= 15 is 0 Å². The number of aromatic nitrogens is 2. The van der Waals surface area contributed by atoms with Crippen LogP contribution in [-0.4, -0.2) is 47.1 Å². The molecule has 2 saturated heterocycles. The summed E-state index contributed by atoms with van der Waals surface area (Å²) >= 11 is 0. The smallest absolute Gasteiger partial charge is 0.220 e. The van der Waals surface area contributed by atoms with Crippen LogP contribution in [0.4, 0.5) is 5.82 Å². The van der Waals surface area contributed by atoms with Crippen molar-refractivity contribution >= 4 is 11.7 Å².